The summed E-state index contributed by atoms with van der Waals surface area (Å²) in [4.78, 5) is 23.6. The van der Waals surface area contributed by atoms with Crippen molar-refractivity contribution in [2.24, 2.45) is 0 Å². The van der Waals surface area contributed by atoms with Gasteiger partial charge in [0.25, 0.3) is 0 Å². The molecule has 0 spiro atoms. The van der Waals surface area contributed by atoms with Crippen LogP contribution in [0.5, 0.6) is 11.5 Å². The highest BCUT2D eigenvalue weighted by Crippen LogP contribution is 2.27. The maximum absolute atomic E-state index is 11.9. The Morgan fingerprint density at radius 3 is 2.50 bits per heavy atom. The minimum absolute atomic E-state index is 0.148. The smallest absolute Gasteiger partial charge is 0.235 e. The van der Waals surface area contributed by atoms with E-state index >= 15 is 0 Å². The lowest BCUT2D eigenvalue weighted by Gasteiger charge is -2.10. The fourth-order valence-corrected chi connectivity index (χ4v) is 2.73. The molecule has 8 nitrogen and oxygen atoms in total. The van der Waals surface area contributed by atoms with Crippen molar-refractivity contribution in [2.75, 3.05) is 31.0 Å². The van der Waals surface area contributed by atoms with E-state index in [1.165, 1.54) is 11.8 Å². The molecule has 0 bridgehead atoms. The number of nitrogens with one attached hydrogen (secondary N) is 2. The quantitative estimate of drug-likeness (QED) is 0.687. The lowest BCUT2D eigenvalue weighted by Crippen LogP contribution is -2.25. The van der Waals surface area contributed by atoms with E-state index in [0.717, 1.165) is 5.56 Å². The summed E-state index contributed by atoms with van der Waals surface area (Å²) in [5.41, 5.74) is 0.889. The number of anilines is 1. The normalized spacial score (nSPS) is 10.3. The molecule has 1 heterocycles. The maximum Gasteiger partial charge on any atom is 0.235 e. The third kappa shape index (κ3) is 5.99. The maximum atomic E-state index is 11.9. The number of hydrogen-bond acceptors (Lipinski definition) is 7. The monoisotopic (exact) mass is 379 g/mol. The molecule has 0 aliphatic heterocycles. The van der Waals surface area contributed by atoms with E-state index in [9.17, 15) is 9.59 Å². The molecule has 0 radical (unpaired) electrons. The van der Waals surface area contributed by atoms with Gasteiger partial charge in [-0.2, -0.15) is 0 Å². The number of carbonyl (C=O) groups is 2. The minimum atomic E-state index is -0.240. The Hall–Kier alpha value is -2.68. The standard InChI is InChI=1S/C17H21N3O5S/c1-11-6-15(20-25-11)19-17(22)10-26-9-16(21)18-8-12-4-5-13(23-2)14(7-12)24-3/h4-7H,8-10H2,1-3H3,(H,18,21)(H,19,20,22). The highest BCUT2D eigenvalue weighted by atomic mass is 32.2. The number of aryl methyl sites for hydroxylation is 1. The number of nitrogens with zero attached hydrogens (tertiary/aromatic N) is 1. The second kappa shape index (κ2) is 9.71. The molecule has 0 atom stereocenters. The van der Waals surface area contributed by atoms with Gasteiger partial charge in [0.05, 0.1) is 25.7 Å². The van der Waals surface area contributed by atoms with Crippen molar-refractivity contribution in [3.8, 4) is 11.5 Å². The molecule has 2 rings (SSSR count). The van der Waals surface area contributed by atoms with Crippen LogP contribution in [0.3, 0.4) is 0 Å². The molecular formula is C17H21N3O5S. The molecule has 2 amide bonds. The van der Waals surface area contributed by atoms with Gasteiger partial charge < -0.3 is 24.6 Å². The van der Waals surface area contributed by atoms with Crippen LogP contribution in [0.4, 0.5) is 5.82 Å². The number of methoxy groups -OCH3 is 2. The fraction of sp³-hybridized carbons (Fsp3) is 0.353. The van der Waals surface area contributed by atoms with Crippen molar-refractivity contribution in [1.82, 2.24) is 10.5 Å². The Morgan fingerprint density at radius 1 is 1.12 bits per heavy atom. The Morgan fingerprint density at radius 2 is 1.85 bits per heavy atom. The van der Waals surface area contributed by atoms with Crippen LogP contribution in [-0.4, -0.2) is 42.7 Å². The summed E-state index contributed by atoms with van der Waals surface area (Å²) in [7, 11) is 3.12. The Balaban J connectivity index is 1.69. The zero-order valence-corrected chi connectivity index (χ0v) is 15.6. The second-order valence-electron chi connectivity index (χ2n) is 5.33. The van der Waals surface area contributed by atoms with Crippen LogP contribution < -0.4 is 20.1 Å². The average molecular weight is 379 g/mol. The van der Waals surface area contributed by atoms with Crippen molar-refractivity contribution >= 4 is 29.4 Å². The molecule has 1 aromatic heterocycles. The third-order valence-corrected chi connectivity index (χ3v) is 4.23. The van der Waals surface area contributed by atoms with Gasteiger partial charge >= 0.3 is 0 Å². The number of hydrogen-bond donors (Lipinski definition) is 2. The Kier molecular flexibility index (Phi) is 7.34. The molecule has 0 fully saturated rings. The van der Waals surface area contributed by atoms with Gasteiger partial charge in [0, 0.05) is 12.6 Å². The minimum Gasteiger partial charge on any atom is -0.493 e. The number of ether oxygens (including phenoxy) is 2. The molecule has 2 N–H and O–H groups in total. The Bertz CT molecular complexity index is 763. The molecule has 2 aromatic rings. The first-order valence-corrected chi connectivity index (χ1v) is 8.95. The molecule has 0 aliphatic rings. The van der Waals surface area contributed by atoms with Crippen molar-refractivity contribution < 1.29 is 23.6 Å². The van der Waals surface area contributed by atoms with Crippen LogP contribution in [0.1, 0.15) is 11.3 Å². The van der Waals surface area contributed by atoms with Gasteiger partial charge in [-0.1, -0.05) is 11.2 Å². The van der Waals surface area contributed by atoms with E-state index in [2.05, 4.69) is 15.8 Å². The van der Waals surface area contributed by atoms with Crippen molar-refractivity contribution in [3.05, 3.63) is 35.6 Å². The van der Waals surface area contributed by atoms with E-state index in [0.29, 0.717) is 29.6 Å². The second-order valence-corrected chi connectivity index (χ2v) is 6.32. The van der Waals surface area contributed by atoms with Crippen LogP contribution in [0.15, 0.2) is 28.8 Å². The van der Waals surface area contributed by atoms with Crippen LogP contribution in [0.2, 0.25) is 0 Å². The van der Waals surface area contributed by atoms with Crippen LogP contribution in [0.25, 0.3) is 0 Å². The van der Waals surface area contributed by atoms with Crippen LogP contribution in [-0.2, 0) is 16.1 Å². The highest BCUT2D eigenvalue weighted by Gasteiger charge is 2.09. The van der Waals surface area contributed by atoms with Crippen LogP contribution in [0, 0.1) is 6.92 Å². The molecule has 1 aromatic carbocycles. The van der Waals surface area contributed by atoms with E-state index in [-0.39, 0.29) is 23.3 Å². The number of amides is 2. The molecule has 0 aliphatic carbocycles. The van der Waals surface area contributed by atoms with Gasteiger partial charge in [-0.25, -0.2) is 0 Å². The van der Waals surface area contributed by atoms with Gasteiger partial charge in [-0.05, 0) is 24.6 Å². The van der Waals surface area contributed by atoms with E-state index in [4.69, 9.17) is 14.0 Å². The van der Waals surface area contributed by atoms with Gasteiger partial charge in [-0.15, -0.1) is 11.8 Å². The van der Waals surface area contributed by atoms with Gasteiger partial charge in [-0.3, -0.25) is 9.59 Å². The molecular weight excluding hydrogens is 358 g/mol. The molecule has 9 heteroatoms. The largest absolute Gasteiger partial charge is 0.493 e. The molecule has 0 unspecified atom stereocenters. The average Bonchev–Trinajstić information content (AvgIpc) is 3.04. The summed E-state index contributed by atoms with van der Waals surface area (Å²) < 4.78 is 15.3. The molecule has 0 saturated carbocycles. The van der Waals surface area contributed by atoms with E-state index in [1.807, 2.05) is 6.07 Å². The molecule has 0 saturated heterocycles. The van der Waals surface area contributed by atoms with Crippen LogP contribution >= 0.6 is 11.8 Å². The zero-order valence-electron chi connectivity index (χ0n) is 14.8. The summed E-state index contributed by atoms with van der Waals surface area (Å²) in [6.45, 7) is 2.10. The summed E-state index contributed by atoms with van der Waals surface area (Å²) >= 11 is 1.22. The summed E-state index contributed by atoms with van der Waals surface area (Å²) in [5.74, 6) is 2.15. The third-order valence-electron chi connectivity index (χ3n) is 3.30. The summed E-state index contributed by atoms with van der Waals surface area (Å²) in [6, 6.07) is 7.06. The first-order chi connectivity index (χ1) is 12.5. The number of aromatic nitrogens is 1. The van der Waals surface area contributed by atoms with Crippen molar-refractivity contribution in [3.63, 3.8) is 0 Å². The first kappa shape index (κ1) is 19.6. The zero-order chi connectivity index (χ0) is 18.9. The molecule has 26 heavy (non-hydrogen) atoms. The van der Waals surface area contributed by atoms with Gasteiger partial charge in [0.1, 0.15) is 5.76 Å². The number of benzene rings is 1. The predicted octanol–water partition coefficient (Wildman–Crippen LogP) is 1.99. The Labute approximate surface area is 155 Å². The SMILES string of the molecule is COc1ccc(CNC(=O)CSCC(=O)Nc2cc(C)on2)cc1OC. The van der Waals surface area contributed by atoms with E-state index < -0.39 is 0 Å². The predicted molar refractivity (Wildman–Crippen MR) is 98.6 cm³/mol. The van der Waals surface area contributed by atoms with Crippen molar-refractivity contribution in [2.45, 2.75) is 13.5 Å². The number of rotatable bonds is 9. The topological polar surface area (TPSA) is 103 Å². The molecule has 140 valence electrons. The number of thioether (sulfide) groups is 1. The fourth-order valence-electron chi connectivity index (χ4n) is 2.08. The number of carbonyl (C=O) groups excluding carboxylic acids is 2. The van der Waals surface area contributed by atoms with Gasteiger partial charge in [0.15, 0.2) is 17.3 Å². The highest BCUT2D eigenvalue weighted by molar-refractivity contribution is 8.00. The summed E-state index contributed by atoms with van der Waals surface area (Å²) in [5, 5.41) is 9.07. The lowest BCUT2D eigenvalue weighted by molar-refractivity contribution is -0.118. The van der Waals surface area contributed by atoms with Crippen molar-refractivity contribution in [1.29, 1.82) is 0 Å². The lowest BCUT2D eigenvalue weighted by atomic mass is 10.2. The van der Waals surface area contributed by atoms with E-state index in [1.54, 1.807) is 39.3 Å². The first-order valence-electron chi connectivity index (χ1n) is 7.80. The summed E-state index contributed by atoms with van der Waals surface area (Å²) in [6.07, 6.45) is 0. The van der Waals surface area contributed by atoms with Gasteiger partial charge in [0.2, 0.25) is 11.8 Å².